The summed E-state index contributed by atoms with van der Waals surface area (Å²) in [4.78, 5) is 4.18. The van der Waals surface area contributed by atoms with Gasteiger partial charge in [-0.2, -0.15) is 0 Å². The van der Waals surface area contributed by atoms with Gasteiger partial charge < -0.3 is 4.42 Å². The zero-order valence-corrected chi connectivity index (χ0v) is 7.35. The minimum atomic E-state index is 0.542. The number of aromatic nitrogens is 1. The Balaban J connectivity index is 2.48. The molecule has 0 aliphatic heterocycles. The lowest BCUT2D eigenvalue weighted by Crippen LogP contribution is -2.13. The van der Waals surface area contributed by atoms with E-state index in [1.807, 2.05) is 13.8 Å². The number of aryl methyl sites for hydroxylation is 2. The average Bonchev–Trinajstić information content (AvgIpc) is 2.32. The lowest BCUT2D eigenvalue weighted by Gasteiger charge is -1.93. The van der Waals surface area contributed by atoms with E-state index >= 15 is 0 Å². The van der Waals surface area contributed by atoms with Gasteiger partial charge in [0.15, 0.2) is 0 Å². The van der Waals surface area contributed by atoms with Crippen LogP contribution < -0.4 is 5.32 Å². The lowest BCUT2D eigenvalue weighted by atomic mass is 10.4. The third kappa shape index (κ3) is 2.11. The van der Waals surface area contributed by atoms with Crippen molar-refractivity contribution in [2.75, 3.05) is 6.54 Å². The first kappa shape index (κ1) is 8.82. The second-order valence-electron chi connectivity index (χ2n) is 2.56. The number of terminal acetylenes is 1. The largest absolute Gasteiger partial charge is 0.444 e. The number of hydrogen-bond donors (Lipinski definition) is 1. The van der Waals surface area contributed by atoms with E-state index in [4.69, 9.17) is 10.8 Å². The van der Waals surface area contributed by atoms with Gasteiger partial charge >= 0.3 is 0 Å². The normalized spacial score (nSPS) is 9.75. The summed E-state index contributed by atoms with van der Waals surface area (Å²) in [5, 5.41) is 3.00. The van der Waals surface area contributed by atoms with Gasteiger partial charge in [-0.15, -0.1) is 6.42 Å². The zero-order chi connectivity index (χ0) is 8.97. The highest BCUT2D eigenvalue weighted by molar-refractivity contribution is 5.05. The molecule has 0 unspecified atom stereocenters. The lowest BCUT2D eigenvalue weighted by molar-refractivity contribution is 0.455. The Kier molecular flexibility index (Phi) is 2.89. The van der Waals surface area contributed by atoms with E-state index in [1.165, 1.54) is 0 Å². The van der Waals surface area contributed by atoms with Crippen LogP contribution in [0, 0.1) is 26.2 Å². The van der Waals surface area contributed by atoms with Crippen molar-refractivity contribution in [2.24, 2.45) is 0 Å². The molecule has 0 radical (unpaired) electrons. The fourth-order valence-electron chi connectivity index (χ4n) is 0.856. The zero-order valence-electron chi connectivity index (χ0n) is 7.35. The van der Waals surface area contributed by atoms with Crippen molar-refractivity contribution >= 4 is 0 Å². The fourth-order valence-corrected chi connectivity index (χ4v) is 0.856. The molecule has 0 amide bonds. The topological polar surface area (TPSA) is 38.1 Å². The summed E-state index contributed by atoms with van der Waals surface area (Å²) in [6, 6.07) is 0. The molecule has 0 bridgehead atoms. The van der Waals surface area contributed by atoms with Crippen molar-refractivity contribution in [1.82, 2.24) is 10.3 Å². The Labute approximate surface area is 72.2 Å². The molecule has 1 heterocycles. The third-order valence-corrected chi connectivity index (χ3v) is 1.58. The molecule has 0 spiro atoms. The quantitative estimate of drug-likeness (QED) is 0.535. The molecule has 0 atom stereocenters. The molecule has 12 heavy (non-hydrogen) atoms. The summed E-state index contributed by atoms with van der Waals surface area (Å²) in [7, 11) is 0. The SMILES string of the molecule is C#CCNCc1nc(C)c(C)o1. The Morgan fingerprint density at radius 1 is 1.58 bits per heavy atom. The van der Waals surface area contributed by atoms with Crippen LogP contribution in [0.5, 0.6) is 0 Å². The molecule has 0 fully saturated rings. The average molecular weight is 164 g/mol. The first-order valence-corrected chi connectivity index (χ1v) is 3.81. The Morgan fingerprint density at radius 2 is 2.33 bits per heavy atom. The van der Waals surface area contributed by atoms with Gasteiger partial charge in [-0.25, -0.2) is 4.98 Å². The smallest absolute Gasteiger partial charge is 0.208 e. The van der Waals surface area contributed by atoms with E-state index in [0.29, 0.717) is 19.0 Å². The van der Waals surface area contributed by atoms with Crippen LogP contribution in [0.25, 0.3) is 0 Å². The van der Waals surface area contributed by atoms with Gasteiger partial charge in [0.2, 0.25) is 5.89 Å². The van der Waals surface area contributed by atoms with E-state index in [-0.39, 0.29) is 0 Å². The Bertz CT molecular complexity index is 276. The summed E-state index contributed by atoms with van der Waals surface area (Å²) in [6.45, 7) is 4.95. The van der Waals surface area contributed by atoms with Crippen LogP contribution >= 0.6 is 0 Å². The third-order valence-electron chi connectivity index (χ3n) is 1.58. The molecule has 0 aliphatic rings. The van der Waals surface area contributed by atoms with Crippen LogP contribution in [0.2, 0.25) is 0 Å². The molecule has 0 saturated heterocycles. The van der Waals surface area contributed by atoms with Crippen LogP contribution in [0.3, 0.4) is 0 Å². The molecule has 1 rings (SSSR count). The van der Waals surface area contributed by atoms with Crippen LogP contribution in [-0.2, 0) is 6.54 Å². The predicted octanol–water partition coefficient (Wildman–Crippen LogP) is 1.01. The molecule has 0 aliphatic carbocycles. The monoisotopic (exact) mass is 164 g/mol. The highest BCUT2D eigenvalue weighted by Gasteiger charge is 2.03. The first-order valence-electron chi connectivity index (χ1n) is 3.81. The Morgan fingerprint density at radius 3 is 2.83 bits per heavy atom. The highest BCUT2D eigenvalue weighted by Crippen LogP contribution is 2.07. The summed E-state index contributed by atoms with van der Waals surface area (Å²) < 4.78 is 5.32. The van der Waals surface area contributed by atoms with Gasteiger partial charge in [-0.05, 0) is 13.8 Å². The molecular formula is C9H12N2O. The molecule has 1 N–H and O–H groups in total. The van der Waals surface area contributed by atoms with E-state index < -0.39 is 0 Å². The molecule has 3 nitrogen and oxygen atoms in total. The molecule has 64 valence electrons. The van der Waals surface area contributed by atoms with Gasteiger partial charge in [0.25, 0.3) is 0 Å². The van der Waals surface area contributed by atoms with Crippen molar-refractivity contribution in [3.8, 4) is 12.3 Å². The maximum Gasteiger partial charge on any atom is 0.208 e. The minimum Gasteiger partial charge on any atom is -0.444 e. The van der Waals surface area contributed by atoms with Crippen LogP contribution in [0.4, 0.5) is 0 Å². The summed E-state index contributed by atoms with van der Waals surface area (Å²) in [6.07, 6.45) is 5.06. The van der Waals surface area contributed by atoms with E-state index in [2.05, 4.69) is 16.2 Å². The molecule has 0 aromatic carbocycles. The van der Waals surface area contributed by atoms with Gasteiger partial charge in [-0.1, -0.05) is 5.92 Å². The number of oxazole rings is 1. The van der Waals surface area contributed by atoms with E-state index in [0.717, 1.165) is 11.5 Å². The number of rotatable bonds is 3. The maximum absolute atomic E-state index is 5.32. The summed E-state index contributed by atoms with van der Waals surface area (Å²) in [5.41, 5.74) is 0.938. The number of nitrogens with zero attached hydrogens (tertiary/aromatic N) is 1. The maximum atomic E-state index is 5.32. The molecule has 0 saturated carbocycles. The number of nitrogens with one attached hydrogen (secondary N) is 1. The number of hydrogen-bond acceptors (Lipinski definition) is 3. The van der Waals surface area contributed by atoms with Gasteiger partial charge in [0.05, 0.1) is 18.8 Å². The standard InChI is InChI=1S/C9H12N2O/c1-4-5-10-6-9-11-7(2)8(3)12-9/h1,10H,5-6H2,2-3H3. The summed E-state index contributed by atoms with van der Waals surface area (Å²) >= 11 is 0. The van der Waals surface area contributed by atoms with Crippen molar-refractivity contribution in [3.05, 3.63) is 17.3 Å². The van der Waals surface area contributed by atoms with Crippen LogP contribution in [-0.4, -0.2) is 11.5 Å². The van der Waals surface area contributed by atoms with Gasteiger partial charge in [0, 0.05) is 0 Å². The molecule has 1 aromatic heterocycles. The molecular weight excluding hydrogens is 152 g/mol. The van der Waals surface area contributed by atoms with E-state index in [9.17, 15) is 0 Å². The summed E-state index contributed by atoms with van der Waals surface area (Å²) in [5.74, 6) is 4.04. The second-order valence-corrected chi connectivity index (χ2v) is 2.56. The van der Waals surface area contributed by atoms with Crippen LogP contribution in [0.1, 0.15) is 17.3 Å². The fraction of sp³-hybridized carbons (Fsp3) is 0.444. The van der Waals surface area contributed by atoms with Crippen molar-refractivity contribution in [1.29, 1.82) is 0 Å². The van der Waals surface area contributed by atoms with Crippen molar-refractivity contribution in [3.63, 3.8) is 0 Å². The molecule has 3 heteroatoms. The van der Waals surface area contributed by atoms with Gasteiger partial charge in [0.1, 0.15) is 5.76 Å². The van der Waals surface area contributed by atoms with Crippen LogP contribution in [0.15, 0.2) is 4.42 Å². The van der Waals surface area contributed by atoms with Crippen molar-refractivity contribution in [2.45, 2.75) is 20.4 Å². The van der Waals surface area contributed by atoms with Gasteiger partial charge in [-0.3, -0.25) is 5.32 Å². The van der Waals surface area contributed by atoms with Crippen molar-refractivity contribution < 1.29 is 4.42 Å². The first-order chi connectivity index (χ1) is 5.74. The van der Waals surface area contributed by atoms with E-state index in [1.54, 1.807) is 0 Å². The second kappa shape index (κ2) is 3.93. The Hall–Kier alpha value is -1.27. The predicted molar refractivity (Wildman–Crippen MR) is 46.5 cm³/mol. The minimum absolute atomic E-state index is 0.542. The molecule has 1 aromatic rings. The highest BCUT2D eigenvalue weighted by atomic mass is 16.4.